The van der Waals surface area contributed by atoms with Crippen molar-refractivity contribution < 1.29 is 10.6 Å². The molecule has 190 valence electrons. The number of hydrogen-bond acceptors (Lipinski definition) is 7. The summed E-state index contributed by atoms with van der Waals surface area (Å²) >= 11 is 0. The van der Waals surface area contributed by atoms with Crippen LogP contribution in [0.4, 0.5) is 5.82 Å². The summed E-state index contributed by atoms with van der Waals surface area (Å²) in [5.74, 6) is -0.124. The molecular weight excluding hydrogens is 442 g/mol. The van der Waals surface area contributed by atoms with Gasteiger partial charge in [0, 0.05) is 14.5 Å². The fraction of sp³-hybridized carbons (Fsp3) is 0.630. The number of nitrogens with zero attached hydrogens (tertiary/aromatic N) is 3. The van der Waals surface area contributed by atoms with E-state index in [2.05, 4.69) is 33.5 Å². The summed E-state index contributed by atoms with van der Waals surface area (Å²) in [6.45, 7) is 4.76. The molecule has 0 spiro atoms. The Morgan fingerprint density at radius 2 is 1.97 bits per heavy atom. The van der Waals surface area contributed by atoms with Gasteiger partial charge in [0.2, 0.25) is 5.91 Å². The maximum Gasteiger partial charge on any atom is 0.441 e. The first-order valence-corrected chi connectivity index (χ1v) is 13.1. The Morgan fingerprint density at radius 1 is 1.26 bits per heavy atom. The highest BCUT2D eigenvalue weighted by Crippen LogP contribution is 2.29. The molecule has 2 aromatic rings. The van der Waals surface area contributed by atoms with Crippen LogP contribution in [0, 0.1) is 17.2 Å². The van der Waals surface area contributed by atoms with Gasteiger partial charge >= 0.3 is 5.76 Å². The number of likely N-dealkylation sites (tertiary alicyclic amines) is 1. The van der Waals surface area contributed by atoms with Crippen molar-refractivity contribution in [3.63, 3.8) is 0 Å². The van der Waals surface area contributed by atoms with E-state index in [4.69, 9.17) is 4.42 Å². The molecular formula is C27H39N5O3. The summed E-state index contributed by atoms with van der Waals surface area (Å²) in [4.78, 5) is 32.2. The summed E-state index contributed by atoms with van der Waals surface area (Å²) in [5.41, 5.74) is -0.434. The number of rotatable bonds is 8. The Kier molecular flexibility index (Phi) is 8.40. The minimum Gasteiger partial charge on any atom is -0.408 e. The van der Waals surface area contributed by atoms with Gasteiger partial charge in [0.05, 0.1) is 11.5 Å². The van der Waals surface area contributed by atoms with Gasteiger partial charge in [-0.05, 0) is 50.3 Å². The van der Waals surface area contributed by atoms with E-state index in [1.165, 1.54) is 25.7 Å². The normalized spacial score (nSPS) is 20.0. The van der Waals surface area contributed by atoms with Crippen molar-refractivity contribution in [2.24, 2.45) is 5.92 Å². The van der Waals surface area contributed by atoms with Gasteiger partial charge in [-0.25, -0.2) is 4.79 Å². The van der Waals surface area contributed by atoms with E-state index in [0.29, 0.717) is 42.0 Å². The number of carbonyl (C=O) groups excluding carboxylic acids is 1. The third kappa shape index (κ3) is 6.40. The number of aromatic nitrogens is 1. The number of hydrogen-bond donors (Lipinski definition) is 2. The van der Waals surface area contributed by atoms with Crippen molar-refractivity contribution in [2.75, 3.05) is 25.0 Å². The van der Waals surface area contributed by atoms with Crippen molar-refractivity contribution in [1.29, 1.82) is 5.26 Å². The van der Waals surface area contributed by atoms with Crippen LogP contribution in [0.25, 0.3) is 11.0 Å². The number of piperidine rings is 1. The first-order chi connectivity index (χ1) is 17.0. The zero-order valence-corrected chi connectivity index (χ0v) is 20.7. The van der Waals surface area contributed by atoms with Gasteiger partial charge in [-0.3, -0.25) is 4.79 Å². The molecule has 35 heavy (non-hydrogen) atoms. The summed E-state index contributed by atoms with van der Waals surface area (Å²) in [6, 6.07) is 9.03. The van der Waals surface area contributed by atoms with E-state index >= 15 is 0 Å². The monoisotopic (exact) mass is 481 g/mol. The lowest BCUT2D eigenvalue weighted by Gasteiger charge is -2.38. The lowest BCUT2D eigenvalue weighted by Crippen LogP contribution is -2.57. The standard InChI is InChI=1S/C27H37N5O3.H2/c1-2-15-32-16-13-27(19-28,14-17-32)31-25(33)22(18-20-9-5-3-4-6-10-20)29-24-21-11-7-8-12-23(21)35-26(34)30-24;/h7-8,11-12,20,22H,2-6,9-10,13-18H2,1H3,(H,31,33)(H,29,30,34);1H. The Labute approximate surface area is 208 Å². The van der Waals surface area contributed by atoms with Crippen LogP contribution in [0.2, 0.25) is 0 Å². The molecule has 0 bridgehead atoms. The van der Waals surface area contributed by atoms with Gasteiger partial charge in [0.25, 0.3) is 0 Å². The quantitative estimate of drug-likeness (QED) is 0.536. The maximum atomic E-state index is 13.7. The number of carbonyl (C=O) groups is 1. The van der Waals surface area contributed by atoms with E-state index in [-0.39, 0.29) is 7.33 Å². The summed E-state index contributed by atoms with van der Waals surface area (Å²) in [7, 11) is 0. The second-order valence-electron chi connectivity index (χ2n) is 10.1. The van der Waals surface area contributed by atoms with Crippen molar-refractivity contribution in [1.82, 2.24) is 15.2 Å². The molecule has 2 fully saturated rings. The minimum absolute atomic E-state index is 0. The van der Waals surface area contributed by atoms with Crippen LogP contribution in [-0.2, 0) is 4.79 Å². The van der Waals surface area contributed by atoms with Crippen LogP contribution in [0.3, 0.4) is 0 Å². The predicted octanol–water partition coefficient (Wildman–Crippen LogP) is 4.46. The van der Waals surface area contributed by atoms with Crippen LogP contribution in [0.1, 0.15) is 72.6 Å². The van der Waals surface area contributed by atoms with E-state index < -0.39 is 17.3 Å². The fourth-order valence-electron chi connectivity index (χ4n) is 5.52. The number of anilines is 1. The average Bonchev–Trinajstić information content (AvgIpc) is 3.13. The van der Waals surface area contributed by atoms with Gasteiger partial charge in [-0.2, -0.15) is 10.2 Å². The first kappa shape index (κ1) is 25.2. The molecule has 1 aliphatic heterocycles. The predicted molar refractivity (Wildman–Crippen MR) is 138 cm³/mol. The van der Waals surface area contributed by atoms with Crippen LogP contribution < -0.4 is 16.4 Å². The second kappa shape index (κ2) is 11.7. The Hall–Kier alpha value is -2.92. The van der Waals surface area contributed by atoms with E-state index in [1.807, 2.05) is 12.1 Å². The third-order valence-corrected chi connectivity index (χ3v) is 7.54. The zero-order chi connectivity index (χ0) is 24.7. The zero-order valence-electron chi connectivity index (χ0n) is 20.7. The Bertz CT molecular complexity index is 1100. The van der Waals surface area contributed by atoms with Crippen LogP contribution >= 0.6 is 0 Å². The molecule has 1 atom stereocenters. The van der Waals surface area contributed by atoms with Crippen molar-refractivity contribution in [3.8, 4) is 6.07 Å². The van der Waals surface area contributed by atoms with Crippen molar-refractivity contribution >= 4 is 22.7 Å². The molecule has 1 unspecified atom stereocenters. The molecule has 1 aromatic heterocycles. The first-order valence-electron chi connectivity index (χ1n) is 13.1. The topological polar surface area (TPSA) is 111 Å². The molecule has 4 rings (SSSR count). The number of fused-ring (bicyclic) bond motifs is 1. The highest BCUT2D eigenvalue weighted by atomic mass is 16.4. The van der Waals surface area contributed by atoms with E-state index in [1.54, 1.807) is 12.1 Å². The second-order valence-corrected chi connectivity index (χ2v) is 10.1. The van der Waals surface area contributed by atoms with Gasteiger partial charge < -0.3 is 20.0 Å². The van der Waals surface area contributed by atoms with Gasteiger partial charge in [-0.1, -0.05) is 57.6 Å². The molecule has 1 amide bonds. The Morgan fingerprint density at radius 3 is 2.66 bits per heavy atom. The lowest BCUT2D eigenvalue weighted by molar-refractivity contribution is -0.124. The molecule has 2 heterocycles. The van der Waals surface area contributed by atoms with Crippen LogP contribution in [0.5, 0.6) is 0 Å². The highest BCUT2D eigenvalue weighted by molar-refractivity contribution is 5.91. The smallest absolute Gasteiger partial charge is 0.408 e. The number of amides is 1. The number of para-hydroxylation sites is 1. The highest BCUT2D eigenvalue weighted by Gasteiger charge is 2.38. The molecule has 2 N–H and O–H groups in total. The molecule has 1 saturated heterocycles. The van der Waals surface area contributed by atoms with E-state index in [0.717, 1.165) is 38.9 Å². The molecule has 1 aliphatic carbocycles. The number of nitriles is 1. The van der Waals surface area contributed by atoms with E-state index in [9.17, 15) is 14.9 Å². The molecule has 2 aliphatic rings. The van der Waals surface area contributed by atoms with Crippen molar-refractivity contribution in [3.05, 3.63) is 34.8 Å². The summed E-state index contributed by atoms with van der Waals surface area (Å²) in [5, 5.41) is 17.1. The fourth-order valence-corrected chi connectivity index (χ4v) is 5.52. The SMILES string of the molecule is CCCN1CCC(C#N)(NC(=O)C(CC2CCCCCC2)Nc2nc(=O)oc3ccccc23)CC1.[HH]. The molecule has 8 nitrogen and oxygen atoms in total. The molecule has 1 aromatic carbocycles. The third-order valence-electron chi connectivity index (χ3n) is 7.54. The van der Waals surface area contributed by atoms with Crippen LogP contribution in [0.15, 0.2) is 33.5 Å². The Balaban J connectivity index is 0.00000361. The largest absolute Gasteiger partial charge is 0.441 e. The average molecular weight is 482 g/mol. The number of nitrogens with one attached hydrogen (secondary N) is 2. The van der Waals surface area contributed by atoms with Crippen LogP contribution in [-0.4, -0.2) is 47.0 Å². The van der Waals surface area contributed by atoms with Gasteiger partial charge in [-0.15, -0.1) is 0 Å². The summed E-state index contributed by atoms with van der Waals surface area (Å²) < 4.78 is 5.24. The number of benzene rings is 1. The van der Waals surface area contributed by atoms with Gasteiger partial charge in [0.15, 0.2) is 0 Å². The maximum absolute atomic E-state index is 13.7. The summed E-state index contributed by atoms with van der Waals surface area (Å²) in [6.07, 6.45) is 9.93. The molecule has 0 radical (unpaired) electrons. The minimum atomic E-state index is -0.865. The van der Waals surface area contributed by atoms with Gasteiger partial charge in [0.1, 0.15) is 23.0 Å². The molecule has 1 saturated carbocycles. The lowest BCUT2D eigenvalue weighted by atomic mass is 9.87. The molecule has 8 heteroatoms. The van der Waals surface area contributed by atoms with Crippen molar-refractivity contribution in [2.45, 2.75) is 82.7 Å².